The molecule has 1 aliphatic rings. The van der Waals surface area contributed by atoms with Crippen LogP contribution in [0.25, 0.3) is 0 Å². The lowest BCUT2D eigenvalue weighted by molar-refractivity contribution is -0.137. The Morgan fingerprint density at radius 3 is 2.19 bits per heavy atom. The summed E-state index contributed by atoms with van der Waals surface area (Å²) in [5.41, 5.74) is 0.757. The average Bonchev–Trinajstić information content (AvgIpc) is 3.27. The quantitative estimate of drug-likeness (QED) is 0.880. The first-order valence-electron chi connectivity index (χ1n) is 6.74. The molecule has 1 saturated carbocycles. The topological polar surface area (TPSA) is 77.9 Å². The number of aliphatic carboxylic acids is 1. The van der Waals surface area contributed by atoms with Crippen LogP contribution in [0.4, 0.5) is 0 Å². The molecule has 0 aromatic heterocycles. The van der Waals surface area contributed by atoms with Gasteiger partial charge in [-0.15, -0.1) is 0 Å². The number of carbonyl (C=O) groups excluding carboxylic acids is 2. The van der Waals surface area contributed by atoms with Crippen LogP contribution in [-0.4, -0.2) is 59.4 Å². The first-order chi connectivity index (χ1) is 9.90. The van der Waals surface area contributed by atoms with Gasteiger partial charge in [0.15, 0.2) is 0 Å². The Balaban J connectivity index is 2.23. The highest BCUT2D eigenvalue weighted by molar-refractivity contribution is 6.00. The Morgan fingerprint density at radius 2 is 1.71 bits per heavy atom. The minimum atomic E-state index is -1.03. The highest BCUT2D eigenvalue weighted by atomic mass is 16.4. The molecule has 1 aliphatic carbocycles. The fraction of sp³-hybridized carbons (Fsp3) is 0.400. The van der Waals surface area contributed by atoms with Crippen molar-refractivity contribution in [2.75, 3.05) is 20.6 Å². The Morgan fingerprint density at radius 1 is 1.14 bits per heavy atom. The molecule has 0 spiro atoms. The third-order valence-electron chi connectivity index (χ3n) is 3.32. The second-order valence-corrected chi connectivity index (χ2v) is 5.34. The van der Waals surface area contributed by atoms with Crippen LogP contribution in [-0.2, 0) is 4.79 Å². The number of amides is 2. The highest BCUT2D eigenvalue weighted by Crippen LogP contribution is 2.28. The third kappa shape index (κ3) is 3.59. The van der Waals surface area contributed by atoms with Crippen LogP contribution in [0.15, 0.2) is 24.3 Å². The summed E-state index contributed by atoms with van der Waals surface area (Å²) in [4.78, 5) is 38.0. The van der Waals surface area contributed by atoms with E-state index in [9.17, 15) is 14.4 Å². The predicted molar refractivity (Wildman–Crippen MR) is 76.2 cm³/mol. The normalized spacial score (nSPS) is 13.6. The molecule has 0 radical (unpaired) electrons. The summed E-state index contributed by atoms with van der Waals surface area (Å²) in [5.74, 6) is -1.56. The molecular formula is C15H18N2O4. The molecule has 1 aromatic carbocycles. The van der Waals surface area contributed by atoms with E-state index in [0.717, 1.165) is 12.8 Å². The van der Waals surface area contributed by atoms with Crippen LogP contribution in [0.1, 0.15) is 33.6 Å². The zero-order valence-electron chi connectivity index (χ0n) is 12.1. The summed E-state index contributed by atoms with van der Waals surface area (Å²) < 4.78 is 0. The summed E-state index contributed by atoms with van der Waals surface area (Å²) in [6.45, 7) is -0.310. The molecule has 112 valence electrons. The van der Waals surface area contributed by atoms with Crippen molar-refractivity contribution in [1.82, 2.24) is 9.80 Å². The molecule has 0 heterocycles. The van der Waals surface area contributed by atoms with Crippen LogP contribution in [0, 0.1) is 0 Å². The number of carboxylic acids is 1. The molecule has 2 amide bonds. The number of hydrogen-bond acceptors (Lipinski definition) is 3. The average molecular weight is 290 g/mol. The molecule has 1 N–H and O–H groups in total. The molecule has 1 aromatic rings. The van der Waals surface area contributed by atoms with E-state index in [-0.39, 0.29) is 24.4 Å². The molecule has 6 heteroatoms. The molecule has 21 heavy (non-hydrogen) atoms. The number of carboxylic acid groups (broad SMARTS) is 1. The van der Waals surface area contributed by atoms with Crippen LogP contribution in [0.2, 0.25) is 0 Å². The maximum atomic E-state index is 12.4. The molecule has 6 nitrogen and oxygen atoms in total. The van der Waals surface area contributed by atoms with Crippen LogP contribution < -0.4 is 0 Å². The maximum absolute atomic E-state index is 12.4. The minimum Gasteiger partial charge on any atom is -0.480 e. The van der Waals surface area contributed by atoms with Gasteiger partial charge in [-0.2, -0.15) is 0 Å². The minimum absolute atomic E-state index is 0.00167. The SMILES string of the molecule is CN(C)C(=O)c1cccc(C(=O)N(CC(=O)O)C2CC2)c1. The molecule has 0 saturated heterocycles. The monoisotopic (exact) mass is 290 g/mol. The van der Waals surface area contributed by atoms with Crippen molar-refractivity contribution in [3.63, 3.8) is 0 Å². The Kier molecular flexibility index (Phi) is 4.26. The van der Waals surface area contributed by atoms with Crippen molar-refractivity contribution in [2.24, 2.45) is 0 Å². The Hall–Kier alpha value is -2.37. The van der Waals surface area contributed by atoms with Crippen molar-refractivity contribution in [3.8, 4) is 0 Å². The van der Waals surface area contributed by atoms with Crippen molar-refractivity contribution in [2.45, 2.75) is 18.9 Å². The van der Waals surface area contributed by atoms with E-state index in [4.69, 9.17) is 5.11 Å². The summed E-state index contributed by atoms with van der Waals surface area (Å²) in [6.07, 6.45) is 1.66. The highest BCUT2D eigenvalue weighted by Gasteiger charge is 2.34. The van der Waals surface area contributed by atoms with Gasteiger partial charge in [0.1, 0.15) is 6.54 Å². The van der Waals surface area contributed by atoms with Gasteiger partial charge in [0.2, 0.25) is 0 Å². The zero-order chi connectivity index (χ0) is 15.6. The van der Waals surface area contributed by atoms with E-state index >= 15 is 0 Å². The molecule has 0 atom stereocenters. The van der Waals surface area contributed by atoms with E-state index in [0.29, 0.717) is 11.1 Å². The summed E-state index contributed by atoms with van der Waals surface area (Å²) in [7, 11) is 3.27. The second-order valence-electron chi connectivity index (χ2n) is 5.34. The second kappa shape index (κ2) is 5.95. The number of rotatable bonds is 5. The fourth-order valence-electron chi connectivity index (χ4n) is 2.11. The predicted octanol–water partition coefficient (Wildman–Crippen LogP) is 1.08. The molecule has 0 bridgehead atoms. The van der Waals surface area contributed by atoms with Crippen molar-refractivity contribution in [3.05, 3.63) is 35.4 Å². The lowest BCUT2D eigenvalue weighted by Crippen LogP contribution is -2.37. The van der Waals surface area contributed by atoms with E-state index in [1.54, 1.807) is 32.3 Å². The number of hydrogen-bond donors (Lipinski definition) is 1. The largest absolute Gasteiger partial charge is 0.480 e. The smallest absolute Gasteiger partial charge is 0.323 e. The van der Waals surface area contributed by atoms with E-state index in [1.165, 1.54) is 15.9 Å². The molecule has 2 rings (SSSR count). The Labute approximate surface area is 123 Å². The van der Waals surface area contributed by atoms with Gasteiger partial charge in [-0.3, -0.25) is 14.4 Å². The van der Waals surface area contributed by atoms with Gasteiger partial charge >= 0.3 is 5.97 Å². The molecular weight excluding hydrogens is 272 g/mol. The van der Waals surface area contributed by atoms with E-state index in [2.05, 4.69) is 0 Å². The van der Waals surface area contributed by atoms with E-state index in [1.807, 2.05) is 0 Å². The van der Waals surface area contributed by atoms with Gasteiger partial charge in [0.25, 0.3) is 11.8 Å². The summed E-state index contributed by atoms with van der Waals surface area (Å²) >= 11 is 0. The van der Waals surface area contributed by atoms with Gasteiger partial charge in [-0.1, -0.05) is 6.07 Å². The lowest BCUT2D eigenvalue weighted by Gasteiger charge is -2.20. The Bertz CT molecular complexity index is 579. The maximum Gasteiger partial charge on any atom is 0.323 e. The molecule has 1 fully saturated rings. The first-order valence-corrected chi connectivity index (χ1v) is 6.74. The molecule has 0 aliphatic heterocycles. The number of benzene rings is 1. The van der Waals surface area contributed by atoms with Crippen LogP contribution in [0.5, 0.6) is 0 Å². The van der Waals surface area contributed by atoms with Gasteiger partial charge in [-0.05, 0) is 31.0 Å². The van der Waals surface area contributed by atoms with Crippen molar-refractivity contribution < 1.29 is 19.5 Å². The number of nitrogens with zero attached hydrogens (tertiary/aromatic N) is 2. The molecule has 0 unspecified atom stereocenters. The lowest BCUT2D eigenvalue weighted by atomic mass is 10.1. The fourth-order valence-corrected chi connectivity index (χ4v) is 2.11. The summed E-state index contributed by atoms with van der Waals surface area (Å²) in [5, 5.41) is 8.92. The first kappa shape index (κ1) is 15.0. The summed E-state index contributed by atoms with van der Waals surface area (Å²) in [6, 6.07) is 6.39. The zero-order valence-corrected chi connectivity index (χ0v) is 12.1. The standard InChI is InChI=1S/C15H18N2O4/c1-16(2)14(20)10-4-3-5-11(8-10)15(21)17(9-13(18)19)12-6-7-12/h3-5,8,12H,6-7,9H2,1-2H3,(H,18,19). The van der Waals surface area contributed by atoms with Crippen LogP contribution >= 0.6 is 0 Å². The van der Waals surface area contributed by atoms with Crippen molar-refractivity contribution >= 4 is 17.8 Å². The third-order valence-corrected chi connectivity index (χ3v) is 3.32. The van der Waals surface area contributed by atoms with Gasteiger partial charge in [-0.25, -0.2) is 0 Å². The van der Waals surface area contributed by atoms with Gasteiger partial charge in [0.05, 0.1) is 0 Å². The van der Waals surface area contributed by atoms with Gasteiger partial charge < -0.3 is 14.9 Å². The van der Waals surface area contributed by atoms with E-state index < -0.39 is 5.97 Å². The van der Waals surface area contributed by atoms with Crippen LogP contribution in [0.3, 0.4) is 0 Å². The number of carbonyl (C=O) groups is 3. The van der Waals surface area contributed by atoms with Crippen molar-refractivity contribution in [1.29, 1.82) is 0 Å². The van der Waals surface area contributed by atoms with Gasteiger partial charge in [0, 0.05) is 31.3 Å².